The lowest BCUT2D eigenvalue weighted by Crippen LogP contribution is -2.27. The lowest BCUT2D eigenvalue weighted by Gasteiger charge is -2.08. The summed E-state index contributed by atoms with van der Waals surface area (Å²) in [5.41, 5.74) is 5.84. The summed E-state index contributed by atoms with van der Waals surface area (Å²) in [7, 11) is 0. The van der Waals surface area contributed by atoms with Crippen LogP contribution in [0, 0.1) is 0 Å². The van der Waals surface area contributed by atoms with E-state index in [4.69, 9.17) is 5.73 Å². The van der Waals surface area contributed by atoms with Crippen LogP contribution in [0.25, 0.3) is 0 Å². The molecule has 0 aromatic rings. The number of hydrogen-bond acceptors (Lipinski definition) is 4. The molecule has 0 radical (unpaired) electrons. The summed E-state index contributed by atoms with van der Waals surface area (Å²) in [6.07, 6.45) is 1.12. The molecule has 1 aliphatic rings. The first-order chi connectivity index (χ1) is 4.93. The zero-order chi connectivity index (χ0) is 7.23. The number of rotatable bonds is 4. The van der Waals surface area contributed by atoms with E-state index in [0.717, 1.165) is 31.8 Å². The van der Waals surface area contributed by atoms with Gasteiger partial charge in [0.2, 0.25) is 0 Å². The summed E-state index contributed by atoms with van der Waals surface area (Å²) in [5.74, 6) is 1.15. The van der Waals surface area contributed by atoms with Crippen LogP contribution < -0.4 is 16.4 Å². The van der Waals surface area contributed by atoms with Crippen molar-refractivity contribution in [3.05, 3.63) is 0 Å². The van der Waals surface area contributed by atoms with Crippen molar-refractivity contribution in [2.45, 2.75) is 11.9 Å². The van der Waals surface area contributed by atoms with Crippen molar-refractivity contribution in [2.75, 3.05) is 25.4 Å². The van der Waals surface area contributed by atoms with E-state index < -0.39 is 0 Å². The molecule has 3 nitrogen and oxygen atoms in total. The van der Waals surface area contributed by atoms with E-state index in [2.05, 4.69) is 10.6 Å². The molecule has 5 heteroatoms. The Hall–Kier alpha value is 0.710. The van der Waals surface area contributed by atoms with E-state index in [0.29, 0.717) is 5.50 Å². The highest BCUT2D eigenvalue weighted by molar-refractivity contribution is 8.93. The second-order valence-corrected chi connectivity index (χ2v) is 3.51. The van der Waals surface area contributed by atoms with Gasteiger partial charge in [-0.25, -0.2) is 0 Å². The van der Waals surface area contributed by atoms with Crippen LogP contribution in [0.1, 0.15) is 6.42 Å². The fraction of sp³-hybridized carbons (Fsp3) is 1.00. The Balaban J connectivity index is 0.000001000. The van der Waals surface area contributed by atoms with Crippen molar-refractivity contribution in [3.63, 3.8) is 0 Å². The predicted molar refractivity (Wildman–Crippen MR) is 56.2 cm³/mol. The standard InChI is InChI=1S/C6H15N3S.BrH/c7-2-1-5-10-6-8-3-4-9-6;/h6,8-9H,1-5,7H2;1H. The average molecular weight is 242 g/mol. The Morgan fingerprint density at radius 1 is 1.36 bits per heavy atom. The second kappa shape index (κ2) is 7.36. The van der Waals surface area contributed by atoms with Crippen LogP contribution >= 0.6 is 28.7 Å². The molecular formula is C6H16BrN3S. The number of halogens is 1. The Morgan fingerprint density at radius 2 is 2.00 bits per heavy atom. The molecule has 0 amide bonds. The van der Waals surface area contributed by atoms with E-state index in [-0.39, 0.29) is 17.0 Å². The van der Waals surface area contributed by atoms with Gasteiger partial charge in [-0.05, 0) is 18.7 Å². The molecule has 0 saturated carbocycles. The molecule has 1 rings (SSSR count). The average Bonchev–Trinajstić information content (AvgIpc) is 2.41. The molecule has 1 aliphatic heterocycles. The first-order valence-corrected chi connectivity index (χ1v) is 4.77. The van der Waals surface area contributed by atoms with Crippen LogP contribution in [-0.2, 0) is 0 Å². The van der Waals surface area contributed by atoms with Crippen LogP contribution in [0.4, 0.5) is 0 Å². The zero-order valence-electron chi connectivity index (χ0n) is 6.51. The maximum absolute atomic E-state index is 5.36. The van der Waals surface area contributed by atoms with Crippen LogP contribution in [0.2, 0.25) is 0 Å². The molecule has 1 fully saturated rings. The van der Waals surface area contributed by atoms with Gasteiger partial charge in [-0.1, -0.05) is 0 Å². The lowest BCUT2D eigenvalue weighted by atomic mass is 10.5. The first kappa shape index (κ1) is 11.7. The Bertz CT molecular complexity index is 87.9. The van der Waals surface area contributed by atoms with Gasteiger partial charge in [-0.15, -0.1) is 28.7 Å². The Labute approximate surface area is 82.6 Å². The quantitative estimate of drug-likeness (QED) is 0.613. The van der Waals surface area contributed by atoms with Gasteiger partial charge in [0, 0.05) is 13.1 Å². The SMILES string of the molecule is Br.NCCCSC1NCCN1. The summed E-state index contributed by atoms with van der Waals surface area (Å²) in [6.45, 7) is 3.00. The summed E-state index contributed by atoms with van der Waals surface area (Å²) >= 11 is 1.91. The third-order valence-electron chi connectivity index (χ3n) is 1.42. The van der Waals surface area contributed by atoms with Gasteiger partial charge in [0.15, 0.2) is 0 Å². The van der Waals surface area contributed by atoms with Gasteiger partial charge < -0.3 is 5.73 Å². The van der Waals surface area contributed by atoms with Crippen LogP contribution in [-0.4, -0.2) is 30.9 Å². The summed E-state index contributed by atoms with van der Waals surface area (Å²) < 4.78 is 0. The zero-order valence-corrected chi connectivity index (χ0v) is 9.04. The summed E-state index contributed by atoms with van der Waals surface area (Å²) in [5, 5.41) is 6.65. The van der Waals surface area contributed by atoms with E-state index in [9.17, 15) is 0 Å². The van der Waals surface area contributed by atoms with Gasteiger partial charge in [0.1, 0.15) is 5.50 Å². The Morgan fingerprint density at radius 3 is 2.55 bits per heavy atom. The molecule has 0 aromatic heterocycles. The van der Waals surface area contributed by atoms with Gasteiger partial charge in [-0.3, -0.25) is 10.6 Å². The second-order valence-electron chi connectivity index (χ2n) is 2.30. The molecule has 0 bridgehead atoms. The fourth-order valence-corrected chi connectivity index (χ4v) is 1.92. The highest BCUT2D eigenvalue weighted by Gasteiger charge is 2.11. The maximum atomic E-state index is 5.36. The molecule has 0 aliphatic carbocycles. The highest BCUT2D eigenvalue weighted by atomic mass is 79.9. The van der Waals surface area contributed by atoms with Crippen LogP contribution in [0.15, 0.2) is 0 Å². The van der Waals surface area contributed by atoms with Crippen LogP contribution in [0.3, 0.4) is 0 Å². The normalized spacial score (nSPS) is 18.3. The summed E-state index contributed by atoms with van der Waals surface area (Å²) in [4.78, 5) is 0. The largest absolute Gasteiger partial charge is 0.330 e. The van der Waals surface area contributed by atoms with E-state index in [1.807, 2.05) is 11.8 Å². The predicted octanol–water partition coefficient (Wildman–Crippen LogP) is 0.123. The van der Waals surface area contributed by atoms with Crippen molar-refractivity contribution in [2.24, 2.45) is 5.73 Å². The topological polar surface area (TPSA) is 50.1 Å². The smallest absolute Gasteiger partial charge is 0.106 e. The fourth-order valence-electron chi connectivity index (χ4n) is 0.881. The number of nitrogens with one attached hydrogen (secondary N) is 2. The number of thioether (sulfide) groups is 1. The van der Waals surface area contributed by atoms with Crippen LogP contribution in [0.5, 0.6) is 0 Å². The van der Waals surface area contributed by atoms with E-state index in [1.165, 1.54) is 0 Å². The minimum absolute atomic E-state index is 0. The third-order valence-corrected chi connectivity index (χ3v) is 2.61. The molecule has 1 heterocycles. The number of hydrogen-bond donors (Lipinski definition) is 3. The Kier molecular flexibility index (Phi) is 7.84. The molecule has 0 aromatic carbocycles. The minimum Gasteiger partial charge on any atom is -0.330 e. The third kappa shape index (κ3) is 5.03. The molecule has 11 heavy (non-hydrogen) atoms. The van der Waals surface area contributed by atoms with Gasteiger partial charge in [0.05, 0.1) is 0 Å². The van der Waals surface area contributed by atoms with Crippen molar-refractivity contribution >= 4 is 28.7 Å². The highest BCUT2D eigenvalue weighted by Crippen LogP contribution is 2.08. The lowest BCUT2D eigenvalue weighted by molar-refractivity contribution is 0.742. The molecule has 0 unspecified atom stereocenters. The van der Waals surface area contributed by atoms with Gasteiger partial charge in [0.25, 0.3) is 0 Å². The summed E-state index contributed by atoms with van der Waals surface area (Å²) in [6, 6.07) is 0. The van der Waals surface area contributed by atoms with Crippen molar-refractivity contribution in [1.82, 2.24) is 10.6 Å². The van der Waals surface area contributed by atoms with Crippen molar-refractivity contribution in [3.8, 4) is 0 Å². The monoisotopic (exact) mass is 241 g/mol. The van der Waals surface area contributed by atoms with Crippen molar-refractivity contribution in [1.29, 1.82) is 0 Å². The molecule has 1 saturated heterocycles. The minimum atomic E-state index is 0. The van der Waals surface area contributed by atoms with Crippen molar-refractivity contribution < 1.29 is 0 Å². The van der Waals surface area contributed by atoms with E-state index >= 15 is 0 Å². The molecular weight excluding hydrogens is 226 g/mol. The van der Waals surface area contributed by atoms with Gasteiger partial charge >= 0.3 is 0 Å². The molecule has 4 N–H and O–H groups in total. The maximum Gasteiger partial charge on any atom is 0.106 e. The molecule has 0 atom stereocenters. The molecule has 68 valence electrons. The molecule has 0 spiro atoms. The number of nitrogens with two attached hydrogens (primary N) is 1. The van der Waals surface area contributed by atoms with Gasteiger partial charge in [-0.2, -0.15) is 0 Å². The van der Waals surface area contributed by atoms with E-state index in [1.54, 1.807) is 0 Å². The first-order valence-electron chi connectivity index (χ1n) is 3.72.